The van der Waals surface area contributed by atoms with E-state index < -0.39 is 11.6 Å². The van der Waals surface area contributed by atoms with Gasteiger partial charge < -0.3 is 9.15 Å². The normalized spacial score (nSPS) is 10.9. The van der Waals surface area contributed by atoms with Crippen LogP contribution in [-0.4, -0.2) is 13.1 Å². The third-order valence-electron chi connectivity index (χ3n) is 3.37. The number of carbonyl (C=O) groups excluding carboxylic acids is 1. The molecule has 0 saturated heterocycles. The van der Waals surface area contributed by atoms with Crippen molar-refractivity contribution in [2.75, 3.05) is 7.11 Å². The summed E-state index contributed by atoms with van der Waals surface area (Å²) in [4.78, 5) is 23.7. The van der Waals surface area contributed by atoms with Crippen LogP contribution in [0.1, 0.15) is 15.9 Å². The summed E-state index contributed by atoms with van der Waals surface area (Å²) >= 11 is 0. The summed E-state index contributed by atoms with van der Waals surface area (Å²) in [5, 5.41) is 2.01. The second kappa shape index (κ2) is 4.49. The molecule has 0 N–H and O–H groups in total. The number of hydrogen-bond donors (Lipinski definition) is 0. The number of rotatable bonds is 1. The standard InChI is InChI=1S/C16H12O4/c1-9-7-12-10-5-3-4-6-14(10)20-16(18)13(12)8-11(9)15(17)19-2/h3-8H,1-2H3. The van der Waals surface area contributed by atoms with E-state index in [1.807, 2.05) is 31.2 Å². The van der Waals surface area contributed by atoms with E-state index in [1.54, 1.807) is 6.07 Å². The molecular formula is C16H12O4. The Bertz CT molecular complexity index is 890. The minimum absolute atomic E-state index is 0.377. The van der Waals surface area contributed by atoms with Crippen molar-refractivity contribution in [3.8, 4) is 0 Å². The van der Waals surface area contributed by atoms with Gasteiger partial charge in [0.15, 0.2) is 0 Å². The molecule has 1 heterocycles. The highest BCUT2D eigenvalue weighted by Crippen LogP contribution is 2.25. The van der Waals surface area contributed by atoms with Gasteiger partial charge in [0.25, 0.3) is 0 Å². The van der Waals surface area contributed by atoms with Crippen molar-refractivity contribution < 1.29 is 13.9 Å². The smallest absolute Gasteiger partial charge is 0.344 e. The lowest BCUT2D eigenvalue weighted by Crippen LogP contribution is -2.07. The van der Waals surface area contributed by atoms with E-state index in [0.29, 0.717) is 16.5 Å². The Morgan fingerprint density at radius 1 is 1.10 bits per heavy atom. The van der Waals surface area contributed by atoms with Crippen LogP contribution in [-0.2, 0) is 4.74 Å². The number of fused-ring (bicyclic) bond motifs is 3. The van der Waals surface area contributed by atoms with Crippen LogP contribution >= 0.6 is 0 Å². The molecule has 100 valence electrons. The van der Waals surface area contributed by atoms with E-state index in [4.69, 9.17) is 9.15 Å². The Labute approximate surface area is 114 Å². The van der Waals surface area contributed by atoms with Crippen molar-refractivity contribution in [2.45, 2.75) is 6.92 Å². The van der Waals surface area contributed by atoms with Crippen molar-refractivity contribution >= 4 is 27.7 Å². The highest BCUT2D eigenvalue weighted by atomic mass is 16.5. The molecule has 0 saturated carbocycles. The molecule has 2 aromatic carbocycles. The van der Waals surface area contributed by atoms with E-state index in [0.717, 1.165) is 16.3 Å². The van der Waals surface area contributed by atoms with Crippen molar-refractivity contribution in [3.63, 3.8) is 0 Å². The molecule has 0 fully saturated rings. The molecule has 4 nitrogen and oxygen atoms in total. The molecule has 0 radical (unpaired) electrons. The third-order valence-corrected chi connectivity index (χ3v) is 3.37. The van der Waals surface area contributed by atoms with Gasteiger partial charge in [0, 0.05) is 10.8 Å². The molecule has 3 rings (SSSR count). The molecule has 0 bridgehead atoms. The Balaban J connectivity index is 2.48. The topological polar surface area (TPSA) is 56.5 Å². The van der Waals surface area contributed by atoms with Gasteiger partial charge in [-0.25, -0.2) is 9.59 Å². The summed E-state index contributed by atoms with van der Waals surface area (Å²) in [6.07, 6.45) is 0. The average molecular weight is 268 g/mol. The van der Waals surface area contributed by atoms with Gasteiger partial charge in [-0.05, 0) is 30.7 Å². The molecule has 4 heteroatoms. The van der Waals surface area contributed by atoms with E-state index in [2.05, 4.69) is 0 Å². The van der Waals surface area contributed by atoms with Gasteiger partial charge in [-0.15, -0.1) is 0 Å². The van der Waals surface area contributed by atoms with Crippen LogP contribution in [0.25, 0.3) is 21.7 Å². The largest absolute Gasteiger partial charge is 0.465 e. The lowest BCUT2D eigenvalue weighted by atomic mass is 10.0. The number of carbonyl (C=O) groups is 1. The fraction of sp³-hybridized carbons (Fsp3) is 0.125. The van der Waals surface area contributed by atoms with Crippen LogP contribution in [0.5, 0.6) is 0 Å². The number of hydrogen-bond acceptors (Lipinski definition) is 4. The molecule has 0 aliphatic carbocycles. The van der Waals surface area contributed by atoms with Crippen molar-refractivity contribution in [1.29, 1.82) is 0 Å². The van der Waals surface area contributed by atoms with E-state index >= 15 is 0 Å². The van der Waals surface area contributed by atoms with E-state index in [9.17, 15) is 9.59 Å². The first-order valence-electron chi connectivity index (χ1n) is 6.16. The highest BCUT2D eigenvalue weighted by molar-refractivity contribution is 6.07. The van der Waals surface area contributed by atoms with Crippen LogP contribution < -0.4 is 5.63 Å². The number of para-hydroxylation sites is 1. The number of esters is 1. The second-order valence-corrected chi connectivity index (χ2v) is 4.59. The molecule has 0 unspecified atom stereocenters. The minimum Gasteiger partial charge on any atom is -0.465 e. The van der Waals surface area contributed by atoms with Crippen molar-refractivity contribution in [3.05, 3.63) is 57.9 Å². The first-order valence-corrected chi connectivity index (χ1v) is 6.16. The molecule has 3 aromatic rings. The van der Waals surface area contributed by atoms with Gasteiger partial charge >= 0.3 is 11.6 Å². The maximum Gasteiger partial charge on any atom is 0.344 e. The lowest BCUT2D eigenvalue weighted by molar-refractivity contribution is 0.0600. The molecule has 0 aliphatic rings. The van der Waals surface area contributed by atoms with Crippen LogP contribution in [0.4, 0.5) is 0 Å². The summed E-state index contributed by atoms with van der Waals surface area (Å²) in [7, 11) is 1.31. The summed E-state index contributed by atoms with van der Waals surface area (Å²) in [5.74, 6) is -0.461. The van der Waals surface area contributed by atoms with E-state index in [-0.39, 0.29) is 0 Å². The van der Waals surface area contributed by atoms with Crippen LogP contribution in [0.15, 0.2) is 45.6 Å². The summed E-state index contributed by atoms with van der Waals surface area (Å²) in [6.45, 7) is 1.81. The van der Waals surface area contributed by atoms with Gasteiger partial charge in [0.1, 0.15) is 5.58 Å². The molecule has 20 heavy (non-hydrogen) atoms. The Kier molecular flexibility index (Phi) is 2.79. The summed E-state index contributed by atoms with van der Waals surface area (Å²) in [5.41, 5.74) is 1.22. The summed E-state index contributed by atoms with van der Waals surface area (Å²) < 4.78 is 10.00. The molecular weight excluding hydrogens is 256 g/mol. The first-order chi connectivity index (χ1) is 9.61. The maximum atomic E-state index is 12.0. The summed E-state index contributed by atoms with van der Waals surface area (Å²) in [6, 6.07) is 10.7. The molecule has 0 amide bonds. The van der Waals surface area contributed by atoms with Gasteiger partial charge in [-0.1, -0.05) is 18.2 Å². The molecule has 0 atom stereocenters. The average Bonchev–Trinajstić information content (AvgIpc) is 2.46. The fourth-order valence-electron chi connectivity index (χ4n) is 2.36. The Morgan fingerprint density at radius 2 is 1.85 bits per heavy atom. The van der Waals surface area contributed by atoms with E-state index in [1.165, 1.54) is 13.2 Å². The Morgan fingerprint density at radius 3 is 2.60 bits per heavy atom. The maximum absolute atomic E-state index is 12.0. The monoisotopic (exact) mass is 268 g/mol. The van der Waals surface area contributed by atoms with Crippen LogP contribution in [0.3, 0.4) is 0 Å². The van der Waals surface area contributed by atoms with Gasteiger partial charge in [0.05, 0.1) is 18.1 Å². The SMILES string of the molecule is COC(=O)c1cc2c(=O)oc3ccccc3c2cc1C. The van der Waals surface area contributed by atoms with Crippen molar-refractivity contribution in [2.24, 2.45) is 0 Å². The minimum atomic E-state index is -0.461. The molecule has 0 aliphatic heterocycles. The quantitative estimate of drug-likeness (QED) is 0.386. The second-order valence-electron chi connectivity index (χ2n) is 4.59. The zero-order valence-corrected chi connectivity index (χ0v) is 11.1. The van der Waals surface area contributed by atoms with Gasteiger partial charge in [-0.2, -0.15) is 0 Å². The van der Waals surface area contributed by atoms with Gasteiger partial charge in [-0.3, -0.25) is 0 Å². The number of ether oxygens (including phenoxy) is 1. The highest BCUT2D eigenvalue weighted by Gasteiger charge is 2.14. The Hall–Kier alpha value is -2.62. The zero-order valence-electron chi connectivity index (χ0n) is 11.1. The third kappa shape index (κ3) is 1.77. The van der Waals surface area contributed by atoms with Gasteiger partial charge in [0.2, 0.25) is 0 Å². The van der Waals surface area contributed by atoms with Crippen LogP contribution in [0.2, 0.25) is 0 Å². The number of methoxy groups -OCH3 is 1. The molecule has 1 aromatic heterocycles. The predicted octanol–water partition coefficient (Wildman–Crippen LogP) is 3.04. The van der Waals surface area contributed by atoms with Crippen LogP contribution in [0, 0.1) is 6.92 Å². The zero-order chi connectivity index (χ0) is 14.3. The lowest BCUT2D eigenvalue weighted by Gasteiger charge is -2.07. The predicted molar refractivity (Wildman–Crippen MR) is 76.1 cm³/mol. The number of aryl methyl sites for hydroxylation is 1. The number of benzene rings is 2. The van der Waals surface area contributed by atoms with Crippen molar-refractivity contribution in [1.82, 2.24) is 0 Å². The molecule has 0 spiro atoms. The fourth-order valence-corrected chi connectivity index (χ4v) is 2.36. The first kappa shape index (κ1) is 12.4.